The van der Waals surface area contributed by atoms with E-state index in [-0.39, 0.29) is 12.3 Å². The molecule has 1 heterocycles. The SMILES string of the molecule is CCN1C(=O)C[C@@H](C(=O)O)[C@@H]1c1ccccc1Cl. The van der Waals surface area contributed by atoms with Crippen LogP contribution in [-0.4, -0.2) is 28.4 Å². The molecule has 0 aliphatic carbocycles. The minimum absolute atomic E-state index is 0.0407. The number of carboxylic acids is 1. The van der Waals surface area contributed by atoms with Crippen LogP contribution in [0.15, 0.2) is 24.3 Å². The lowest BCUT2D eigenvalue weighted by Crippen LogP contribution is -2.30. The van der Waals surface area contributed by atoms with Gasteiger partial charge in [0.25, 0.3) is 0 Å². The van der Waals surface area contributed by atoms with Crippen molar-refractivity contribution in [1.29, 1.82) is 0 Å². The number of nitrogens with zero attached hydrogens (tertiary/aromatic N) is 1. The number of likely N-dealkylation sites (tertiary alicyclic amines) is 1. The third kappa shape index (κ3) is 2.08. The maximum atomic E-state index is 11.8. The van der Waals surface area contributed by atoms with Gasteiger partial charge in [0, 0.05) is 18.0 Å². The normalized spacial score (nSPS) is 23.4. The third-order valence-corrected chi connectivity index (χ3v) is 3.66. The molecule has 18 heavy (non-hydrogen) atoms. The topological polar surface area (TPSA) is 57.6 Å². The number of rotatable bonds is 3. The van der Waals surface area contributed by atoms with Gasteiger partial charge in [0.2, 0.25) is 5.91 Å². The molecule has 1 aromatic rings. The van der Waals surface area contributed by atoms with Crippen LogP contribution in [0.1, 0.15) is 24.9 Å². The first kappa shape index (κ1) is 12.9. The van der Waals surface area contributed by atoms with E-state index < -0.39 is 17.9 Å². The first-order valence-electron chi connectivity index (χ1n) is 5.83. The second kappa shape index (κ2) is 4.98. The van der Waals surface area contributed by atoms with E-state index in [1.165, 1.54) is 0 Å². The van der Waals surface area contributed by atoms with Gasteiger partial charge in [-0.05, 0) is 18.6 Å². The summed E-state index contributed by atoms with van der Waals surface area (Å²) >= 11 is 6.11. The molecular formula is C13H14ClNO3. The lowest BCUT2D eigenvalue weighted by Gasteiger charge is -2.26. The van der Waals surface area contributed by atoms with E-state index in [1.807, 2.05) is 6.92 Å². The van der Waals surface area contributed by atoms with Crippen LogP contribution in [0.4, 0.5) is 0 Å². The van der Waals surface area contributed by atoms with E-state index in [2.05, 4.69) is 0 Å². The summed E-state index contributed by atoms with van der Waals surface area (Å²) in [6, 6.07) is 6.62. The second-order valence-corrected chi connectivity index (χ2v) is 4.70. The summed E-state index contributed by atoms with van der Waals surface area (Å²) in [7, 11) is 0. The molecule has 4 nitrogen and oxygen atoms in total. The predicted molar refractivity (Wildman–Crippen MR) is 67.3 cm³/mol. The van der Waals surface area contributed by atoms with Crippen molar-refractivity contribution in [2.45, 2.75) is 19.4 Å². The third-order valence-electron chi connectivity index (χ3n) is 3.31. The number of hydrogen-bond donors (Lipinski definition) is 1. The van der Waals surface area contributed by atoms with Gasteiger partial charge in [0.05, 0.1) is 12.0 Å². The molecule has 0 aromatic heterocycles. The van der Waals surface area contributed by atoms with Gasteiger partial charge in [-0.25, -0.2) is 0 Å². The predicted octanol–water partition coefficient (Wildman–Crippen LogP) is 2.33. The molecule has 0 unspecified atom stereocenters. The molecule has 96 valence electrons. The van der Waals surface area contributed by atoms with Crippen molar-refractivity contribution in [3.63, 3.8) is 0 Å². The Morgan fingerprint density at radius 1 is 1.50 bits per heavy atom. The summed E-state index contributed by atoms with van der Waals surface area (Å²) in [5.41, 5.74) is 0.708. The quantitative estimate of drug-likeness (QED) is 0.914. The van der Waals surface area contributed by atoms with Crippen molar-refractivity contribution in [2.24, 2.45) is 5.92 Å². The summed E-state index contributed by atoms with van der Waals surface area (Å²) < 4.78 is 0. The number of aliphatic carboxylic acids is 1. The molecule has 1 amide bonds. The first-order chi connectivity index (χ1) is 8.56. The van der Waals surface area contributed by atoms with Crippen molar-refractivity contribution < 1.29 is 14.7 Å². The molecule has 1 aliphatic rings. The Kier molecular flexibility index (Phi) is 3.57. The highest BCUT2D eigenvalue weighted by Crippen LogP contribution is 2.40. The van der Waals surface area contributed by atoms with Crippen LogP contribution in [0.2, 0.25) is 5.02 Å². The van der Waals surface area contributed by atoms with Crippen molar-refractivity contribution in [2.75, 3.05) is 6.54 Å². The molecule has 1 aromatic carbocycles. The van der Waals surface area contributed by atoms with Gasteiger partial charge in [0.1, 0.15) is 0 Å². The van der Waals surface area contributed by atoms with Gasteiger partial charge in [-0.2, -0.15) is 0 Å². The molecule has 2 rings (SSSR count). The fourth-order valence-corrected chi connectivity index (χ4v) is 2.73. The van der Waals surface area contributed by atoms with Gasteiger partial charge in [0.15, 0.2) is 0 Å². The van der Waals surface area contributed by atoms with E-state index in [4.69, 9.17) is 11.6 Å². The van der Waals surface area contributed by atoms with E-state index in [1.54, 1.807) is 29.2 Å². The first-order valence-corrected chi connectivity index (χ1v) is 6.20. The fraction of sp³-hybridized carbons (Fsp3) is 0.385. The van der Waals surface area contributed by atoms with Crippen molar-refractivity contribution in [1.82, 2.24) is 4.90 Å². The van der Waals surface area contributed by atoms with Crippen molar-refractivity contribution in [3.05, 3.63) is 34.9 Å². The average Bonchev–Trinajstić information content (AvgIpc) is 2.67. The molecule has 0 bridgehead atoms. The van der Waals surface area contributed by atoms with Crippen molar-refractivity contribution in [3.8, 4) is 0 Å². The Labute approximate surface area is 110 Å². The Balaban J connectivity index is 2.46. The maximum absolute atomic E-state index is 11.8. The van der Waals surface area contributed by atoms with Crippen LogP contribution in [0.5, 0.6) is 0 Å². The van der Waals surface area contributed by atoms with Gasteiger partial charge in [-0.15, -0.1) is 0 Å². The summed E-state index contributed by atoms with van der Waals surface area (Å²) in [6.07, 6.45) is 0.0407. The minimum Gasteiger partial charge on any atom is -0.481 e. The van der Waals surface area contributed by atoms with Crippen LogP contribution >= 0.6 is 11.6 Å². The number of amides is 1. The molecule has 1 N–H and O–H groups in total. The molecule has 1 fully saturated rings. The Morgan fingerprint density at radius 3 is 2.72 bits per heavy atom. The zero-order valence-corrected chi connectivity index (χ0v) is 10.7. The highest BCUT2D eigenvalue weighted by atomic mass is 35.5. The number of benzene rings is 1. The van der Waals surface area contributed by atoms with Crippen LogP contribution in [0.3, 0.4) is 0 Å². The Bertz CT molecular complexity index is 489. The molecule has 1 aliphatic heterocycles. The molecule has 0 saturated carbocycles. The average molecular weight is 268 g/mol. The number of halogens is 1. The molecule has 0 radical (unpaired) electrons. The number of carbonyl (C=O) groups excluding carboxylic acids is 1. The van der Waals surface area contributed by atoms with Crippen LogP contribution in [-0.2, 0) is 9.59 Å². The molecule has 2 atom stereocenters. The van der Waals surface area contributed by atoms with Gasteiger partial charge in [-0.3, -0.25) is 9.59 Å². The number of hydrogen-bond acceptors (Lipinski definition) is 2. The van der Waals surface area contributed by atoms with Crippen molar-refractivity contribution >= 4 is 23.5 Å². The van der Waals surface area contributed by atoms with Crippen LogP contribution in [0, 0.1) is 5.92 Å². The minimum atomic E-state index is -0.954. The summed E-state index contributed by atoms with van der Waals surface area (Å²) in [6.45, 7) is 2.32. The Morgan fingerprint density at radius 2 is 2.17 bits per heavy atom. The van der Waals surface area contributed by atoms with Gasteiger partial charge >= 0.3 is 5.97 Å². The van der Waals surface area contributed by atoms with E-state index >= 15 is 0 Å². The lowest BCUT2D eigenvalue weighted by molar-refractivity contribution is -0.142. The van der Waals surface area contributed by atoms with E-state index in [0.717, 1.165) is 0 Å². The van der Waals surface area contributed by atoms with Gasteiger partial charge in [-0.1, -0.05) is 29.8 Å². The highest BCUT2D eigenvalue weighted by Gasteiger charge is 2.44. The van der Waals surface area contributed by atoms with E-state index in [9.17, 15) is 14.7 Å². The summed E-state index contributed by atoms with van der Waals surface area (Å²) in [5, 5.41) is 9.75. The fourth-order valence-electron chi connectivity index (χ4n) is 2.48. The van der Waals surface area contributed by atoms with Gasteiger partial charge < -0.3 is 10.0 Å². The standard InChI is InChI=1S/C13H14ClNO3/c1-2-15-11(16)7-9(13(17)18)12(15)8-5-3-4-6-10(8)14/h3-6,9,12H,2,7H2,1H3,(H,17,18)/t9-,12+/m1/s1. The number of carboxylic acid groups (broad SMARTS) is 1. The van der Waals surface area contributed by atoms with Crippen LogP contribution in [0.25, 0.3) is 0 Å². The zero-order valence-electron chi connectivity index (χ0n) is 9.97. The molecule has 0 spiro atoms. The highest BCUT2D eigenvalue weighted by molar-refractivity contribution is 6.31. The maximum Gasteiger partial charge on any atom is 0.309 e. The largest absolute Gasteiger partial charge is 0.481 e. The monoisotopic (exact) mass is 267 g/mol. The molecular weight excluding hydrogens is 254 g/mol. The van der Waals surface area contributed by atoms with Crippen LogP contribution < -0.4 is 0 Å². The zero-order chi connectivity index (χ0) is 13.3. The smallest absolute Gasteiger partial charge is 0.309 e. The molecule has 5 heteroatoms. The summed E-state index contributed by atoms with van der Waals surface area (Å²) in [4.78, 5) is 24.7. The Hall–Kier alpha value is -1.55. The second-order valence-electron chi connectivity index (χ2n) is 4.29. The van der Waals surface area contributed by atoms with E-state index in [0.29, 0.717) is 17.1 Å². The molecule has 1 saturated heterocycles. The summed E-state index contributed by atoms with van der Waals surface area (Å²) in [5.74, 6) is -1.81. The number of carbonyl (C=O) groups is 2. The lowest BCUT2D eigenvalue weighted by atomic mass is 9.93.